The van der Waals surface area contributed by atoms with Crippen LogP contribution in [-0.4, -0.2) is 26.3 Å². The number of hydrogen-bond acceptors (Lipinski definition) is 3. The molecule has 0 heterocycles. The van der Waals surface area contributed by atoms with Gasteiger partial charge in [-0.2, -0.15) is 5.26 Å². The zero-order valence-corrected chi connectivity index (χ0v) is 9.50. The van der Waals surface area contributed by atoms with E-state index in [1.165, 1.54) is 12.8 Å². The standard InChI is InChI=1S/C12H22N2O/c13-7-2-1-3-8-14-9-4-10-15-11-12-5-6-12/h12,14H,1-6,8-11H2. The number of nitrogens with zero attached hydrogens (tertiary/aromatic N) is 1. The molecular formula is C12H22N2O. The summed E-state index contributed by atoms with van der Waals surface area (Å²) in [5, 5.41) is 11.7. The van der Waals surface area contributed by atoms with Crippen LogP contribution in [-0.2, 0) is 4.74 Å². The summed E-state index contributed by atoms with van der Waals surface area (Å²) in [6.07, 6.45) is 6.66. The second-order valence-electron chi connectivity index (χ2n) is 4.24. The maximum absolute atomic E-state index is 8.33. The second kappa shape index (κ2) is 8.70. The Labute approximate surface area is 92.8 Å². The first-order valence-corrected chi connectivity index (χ1v) is 6.09. The number of hydrogen-bond donors (Lipinski definition) is 1. The first-order chi connectivity index (χ1) is 7.43. The molecule has 0 amide bonds. The Morgan fingerprint density at radius 1 is 1.20 bits per heavy atom. The molecule has 0 atom stereocenters. The monoisotopic (exact) mass is 210 g/mol. The fraction of sp³-hybridized carbons (Fsp3) is 0.917. The summed E-state index contributed by atoms with van der Waals surface area (Å²) in [4.78, 5) is 0. The molecule has 0 spiro atoms. The lowest BCUT2D eigenvalue weighted by Crippen LogP contribution is -2.18. The first-order valence-electron chi connectivity index (χ1n) is 6.09. The van der Waals surface area contributed by atoms with Crippen LogP contribution >= 0.6 is 0 Å². The van der Waals surface area contributed by atoms with Crippen molar-refractivity contribution < 1.29 is 4.74 Å². The average Bonchev–Trinajstić information content (AvgIpc) is 3.05. The molecule has 15 heavy (non-hydrogen) atoms. The third kappa shape index (κ3) is 8.41. The molecule has 0 aromatic heterocycles. The Hall–Kier alpha value is -0.590. The molecule has 0 aromatic rings. The first kappa shape index (κ1) is 12.5. The predicted molar refractivity (Wildman–Crippen MR) is 60.5 cm³/mol. The van der Waals surface area contributed by atoms with E-state index in [0.29, 0.717) is 6.42 Å². The molecule has 1 fully saturated rings. The largest absolute Gasteiger partial charge is 0.381 e. The molecule has 1 aliphatic rings. The van der Waals surface area contributed by atoms with E-state index in [9.17, 15) is 0 Å². The molecule has 0 unspecified atom stereocenters. The van der Waals surface area contributed by atoms with Crippen molar-refractivity contribution in [1.82, 2.24) is 5.32 Å². The minimum Gasteiger partial charge on any atom is -0.381 e. The Morgan fingerprint density at radius 3 is 2.73 bits per heavy atom. The van der Waals surface area contributed by atoms with Crippen LogP contribution < -0.4 is 5.32 Å². The van der Waals surface area contributed by atoms with Crippen molar-refractivity contribution in [2.24, 2.45) is 5.92 Å². The van der Waals surface area contributed by atoms with Gasteiger partial charge in [0.2, 0.25) is 0 Å². The zero-order valence-electron chi connectivity index (χ0n) is 9.50. The van der Waals surface area contributed by atoms with Gasteiger partial charge in [0.15, 0.2) is 0 Å². The molecule has 0 saturated heterocycles. The third-order valence-electron chi connectivity index (χ3n) is 2.58. The van der Waals surface area contributed by atoms with Crippen LogP contribution in [0.5, 0.6) is 0 Å². The molecule has 0 aromatic carbocycles. The second-order valence-corrected chi connectivity index (χ2v) is 4.24. The molecule has 0 aliphatic heterocycles. The summed E-state index contributed by atoms with van der Waals surface area (Å²) in [6.45, 7) is 3.94. The van der Waals surface area contributed by atoms with E-state index in [1.807, 2.05) is 0 Å². The fourth-order valence-corrected chi connectivity index (χ4v) is 1.41. The molecule has 1 rings (SSSR count). The molecule has 86 valence electrons. The molecular weight excluding hydrogens is 188 g/mol. The van der Waals surface area contributed by atoms with Crippen molar-refractivity contribution in [2.75, 3.05) is 26.3 Å². The van der Waals surface area contributed by atoms with Crippen molar-refractivity contribution in [3.63, 3.8) is 0 Å². The minimum absolute atomic E-state index is 0.687. The highest BCUT2D eigenvalue weighted by Crippen LogP contribution is 2.28. The number of unbranched alkanes of at least 4 members (excludes halogenated alkanes) is 2. The number of nitriles is 1. The van der Waals surface area contributed by atoms with E-state index in [4.69, 9.17) is 10.00 Å². The fourth-order valence-electron chi connectivity index (χ4n) is 1.41. The lowest BCUT2D eigenvalue weighted by atomic mass is 10.2. The molecule has 1 aliphatic carbocycles. The summed E-state index contributed by atoms with van der Waals surface area (Å²) in [7, 11) is 0. The molecule has 3 heteroatoms. The topological polar surface area (TPSA) is 45.0 Å². The van der Waals surface area contributed by atoms with Crippen LogP contribution in [0.15, 0.2) is 0 Å². The Balaban J connectivity index is 1.64. The average molecular weight is 210 g/mol. The van der Waals surface area contributed by atoms with E-state index in [2.05, 4.69) is 11.4 Å². The number of rotatable bonds is 10. The Morgan fingerprint density at radius 2 is 2.00 bits per heavy atom. The van der Waals surface area contributed by atoms with Crippen LogP contribution in [0.2, 0.25) is 0 Å². The van der Waals surface area contributed by atoms with E-state index in [0.717, 1.165) is 51.5 Å². The molecule has 1 saturated carbocycles. The molecule has 0 radical (unpaired) electrons. The van der Waals surface area contributed by atoms with Gasteiger partial charge >= 0.3 is 0 Å². The van der Waals surface area contributed by atoms with Crippen molar-refractivity contribution in [3.05, 3.63) is 0 Å². The minimum atomic E-state index is 0.687. The van der Waals surface area contributed by atoms with E-state index in [-0.39, 0.29) is 0 Å². The van der Waals surface area contributed by atoms with Gasteiger partial charge in [0.1, 0.15) is 0 Å². The lowest BCUT2D eigenvalue weighted by molar-refractivity contribution is 0.122. The third-order valence-corrected chi connectivity index (χ3v) is 2.58. The van der Waals surface area contributed by atoms with Crippen LogP contribution in [0.25, 0.3) is 0 Å². The molecule has 0 bridgehead atoms. The molecule has 3 nitrogen and oxygen atoms in total. The van der Waals surface area contributed by atoms with Crippen molar-refractivity contribution in [2.45, 2.75) is 38.5 Å². The molecule has 1 N–H and O–H groups in total. The Kier molecular flexibility index (Phi) is 7.24. The van der Waals surface area contributed by atoms with E-state index < -0.39 is 0 Å². The predicted octanol–water partition coefficient (Wildman–Crippen LogP) is 2.09. The van der Waals surface area contributed by atoms with Crippen LogP contribution in [0.1, 0.15) is 38.5 Å². The van der Waals surface area contributed by atoms with E-state index in [1.54, 1.807) is 0 Å². The van der Waals surface area contributed by atoms with Gasteiger partial charge in [0.05, 0.1) is 6.07 Å². The smallest absolute Gasteiger partial charge is 0.0621 e. The van der Waals surface area contributed by atoms with Gasteiger partial charge in [0.25, 0.3) is 0 Å². The van der Waals surface area contributed by atoms with Gasteiger partial charge in [-0.25, -0.2) is 0 Å². The van der Waals surface area contributed by atoms with Crippen molar-refractivity contribution in [1.29, 1.82) is 5.26 Å². The summed E-state index contributed by atoms with van der Waals surface area (Å²) >= 11 is 0. The maximum Gasteiger partial charge on any atom is 0.0621 e. The zero-order chi connectivity index (χ0) is 10.8. The number of nitrogens with one attached hydrogen (secondary N) is 1. The summed E-state index contributed by atoms with van der Waals surface area (Å²) in [5.74, 6) is 0.879. The van der Waals surface area contributed by atoms with Crippen molar-refractivity contribution in [3.8, 4) is 6.07 Å². The van der Waals surface area contributed by atoms with Crippen molar-refractivity contribution >= 4 is 0 Å². The van der Waals surface area contributed by atoms with Gasteiger partial charge in [-0.05, 0) is 51.1 Å². The van der Waals surface area contributed by atoms with Gasteiger partial charge in [-0.1, -0.05) is 0 Å². The van der Waals surface area contributed by atoms with Gasteiger partial charge in [0, 0.05) is 19.6 Å². The normalized spacial score (nSPS) is 15.1. The van der Waals surface area contributed by atoms with Crippen LogP contribution in [0.4, 0.5) is 0 Å². The summed E-state index contributed by atoms with van der Waals surface area (Å²) in [6, 6.07) is 2.16. The highest BCUT2D eigenvalue weighted by Gasteiger charge is 2.20. The van der Waals surface area contributed by atoms with Crippen LogP contribution in [0.3, 0.4) is 0 Å². The summed E-state index contributed by atoms with van der Waals surface area (Å²) in [5.41, 5.74) is 0. The SMILES string of the molecule is N#CCCCCNCCCOCC1CC1. The van der Waals surface area contributed by atoms with Gasteiger partial charge < -0.3 is 10.1 Å². The van der Waals surface area contributed by atoms with Gasteiger partial charge in [-0.3, -0.25) is 0 Å². The highest BCUT2D eigenvalue weighted by atomic mass is 16.5. The highest BCUT2D eigenvalue weighted by molar-refractivity contribution is 4.71. The maximum atomic E-state index is 8.33. The number of ether oxygens (including phenoxy) is 1. The summed E-state index contributed by atoms with van der Waals surface area (Å²) < 4.78 is 5.52. The van der Waals surface area contributed by atoms with Gasteiger partial charge in [-0.15, -0.1) is 0 Å². The Bertz CT molecular complexity index is 185. The quantitative estimate of drug-likeness (QED) is 0.561. The lowest BCUT2D eigenvalue weighted by Gasteiger charge is -2.04. The van der Waals surface area contributed by atoms with Crippen LogP contribution in [0, 0.1) is 17.2 Å². The van der Waals surface area contributed by atoms with E-state index >= 15 is 0 Å².